The number of hydrogen-bond acceptors (Lipinski definition) is 2. The predicted octanol–water partition coefficient (Wildman–Crippen LogP) is 3.60. The van der Waals surface area contributed by atoms with E-state index in [9.17, 15) is 5.11 Å². The maximum Gasteiger partial charge on any atom is 0.119 e. The minimum absolute atomic E-state index is 0.143. The molecule has 0 amide bonds. The van der Waals surface area contributed by atoms with Crippen LogP contribution >= 0.6 is 0 Å². The van der Waals surface area contributed by atoms with Gasteiger partial charge in [-0.25, -0.2) is 0 Å². The summed E-state index contributed by atoms with van der Waals surface area (Å²) in [7, 11) is 0. The molecular weight excluding hydrogens is 212 g/mol. The van der Waals surface area contributed by atoms with Crippen molar-refractivity contribution >= 4 is 0 Å². The number of aliphatic hydroxyl groups is 1. The fourth-order valence-electron chi connectivity index (χ4n) is 1.39. The van der Waals surface area contributed by atoms with Crippen molar-refractivity contribution in [3.05, 3.63) is 29.8 Å². The second-order valence-electron chi connectivity index (χ2n) is 5.92. The highest BCUT2D eigenvalue weighted by molar-refractivity contribution is 5.30. The van der Waals surface area contributed by atoms with Crippen molar-refractivity contribution in [3.63, 3.8) is 0 Å². The molecule has 1 unspecified atom stereocenters. The fraction of sp³-hybridized carbons (Fsp3) is 0.600. The Hall–Kier alpha value is -1.02. The Labute approximate surface area is 105 Å². The third kappa shape index (κ3) is 4.39. The van der Waals surface area contributed by atoms with E-state index in [2.05, 4.69) is 19.9 Å². The van der Waals surface area contributed by atoms with E-state index in [4.69, 9.17) is 4.74 Å². The molecule has 1 atom stereocenters. The minimum atomic E-state index is -0.454. The summed E-state index contributed by atoms with van der Waals surface area (Å²) in [6.45, 7) is 10.7. The van der Waals surface area contributed by atoms with Crippen LogP contribution in [0.4, 0.5) is 0 Å². The molecule has 1 aromatic carbocycles. The van der Waals surface area contributed by atoms with Crippen LogP contribution in [0.5, 0.6) is 5.75 Å². The second-order valence-corrected chi connectivity index (χ2v) is 5.92. The van der Waals surface area contributed by atoms with E-state index >= 15 is 0 Å². The van der Waals surface area contributed by atoms with E-state index in [1.165, 1.54) is 5.56 Å². The molecule has 0 saturated carbocycles. The lowest BCUT2D eigenvalue weighted by atomic mass is 9.90. The third-order valence-corrected chi connectivity index (χ3v) is 2.93. The van der Waals surface area contributed by atoms with E-state index in [0.717, 1.165) is 5.75 Å². The Balaban J connectivity index is 2.61. The van der Waals surface area contributed by atoms with Gasteiger partial charge in [0.05, 0.1) is 6.10 Å². The van der Waals surface area contributed by atoms with E-state index in [1.807, 2.05) is 39.0 Å². The zero-order valence-electron chi connectivity index (χ0n) is 11.5. The molecule has 1 N–H and O–H groups in total. The molecule has 1 aromatic rings. The number of ether oxygens (including phenoxy) is 1. The molecule has 0 radical (unpaired) electrons. The van der Waals surface area contributed by atoms with Crippen molar-refractivity contribution < 1.29 is 9.84 Å². The van der Waals surface area contributed by atoms with Gasteiger partial charge in [-0.1, -0.05) is 46.8 Å². The zero-order valence-corrected chi connectivity index (χ0v) is 11.5. The van der Waals surface area contributed by atoms with Crippen LogP contribution in [-0.2, 0) is 0 Å². The molecule has 96 valence electrons. The highest BCUT2D eigenvalue weighted by Crippen LogP contribution is 2.23. The van der Waals surface area contributed by atoms with Gasteiger partial charge in [-0.3, -0.25) is 0 Å². The van der Waals surface area contributed by atoms with Gasteiger partial charge in [0.1, 0.15) is 12.4 Å². The summed E-state index contributed by atoms with van der Waals surface area (Å²) in [5.74, 6) is 1.32. The van der Waals surface area contributed by atoms with E-state index in [-0.39, 0.29) is 5.41 Å². The molecule has 0 spiro atoms. The lowest BCUT2D eigenvalue weighted by Gasteiger charge is -2.25. The first-order valence-corrected chi connectivity index (χ1v) is 6.21. The van der Waals surface area contributed by atoms with Crippen molar-refractivity contribution in [1.82, 2.24) is 0 Å². The van der Waals surface area contributed by atoms with Gasteiger partial charge in [0.2, 0.25) is 0 Å². The van der Waals surface area contributed by atoms with E-state index in [1.54, 1.807) is 0 Å². The first-order valence-electron chi connectivity index (χ1n) is 6.21. The van der Waals surface area contributed by atoms with Crippen LogP contribution in [0.1, 0.15) is 46.1 Å². The summed E-state index contributed by atoms with van der Waals surface area (Å²) in [5, 5.41) is 9.90. The van der Waals surface area contributed by atoms with Crippen molar-refractivity contribution in [2.45, 2.75) is 46.6 Å². The van der Waals surface area contributed by atoms with Gasteiger partial charge >= 0.3 is 0 Å². The standard InChI is InChI=1S/C15H24O2/c1-11(2)12-7-6-8-13(9-12)17-10-14(16)15(3,4)5/h6-9,11,14,16H,10H2,1-5H3. The molecule has 0 fully saturated rings. The van der Waals surface area contributed by atoms with E-state index in [0.29, 0.717) is 12.5 Å². The average Bonchev–Trinajstić information content (AvgIpc) is 2.25. The van der Waals surface area contributed by atoms with Crippen LogP contribution in [-0.4, -0.2) is 17.8 Å². The van der Waals surface area contributed by atoms with Crippen molar-refractivity contribution in [1.29, 1.82) is 0 Å². The zero-order chi connectivity index (χ0) is 13.1. The molecule has 0 aliphatic heterocycles. The third-order valence-electron chi connectivity index (χ3n) is 2.93. The molecule has 0 aliphatic rings. The van der Waals surface area contributed by atoms with Gasteiger partial charge in [-0.05, 0) is 29.0 Å². The van der Waals surface area contributed by atoms with Crippen LogP contribution in [0.25, 0.3) is 0 Å². The lowest BCUT2D eigenvalue weighted by molar-refractivity contribution is 0.0218. The fourth-order valence-corrected chi connectivity index (χ4v) is 1.39. The van der Waals surface area contributed by atoms with Gasteiger partial charge in [-0.15, -0.1) is 0 Å². The number of benzene rings is 1. The average molecular weight is 236 g/mol. The SMILES string of the molecule is CC(C)c1cccc(OCC(O)C(C)(C)C)c1. The normalized spacial score (nSPS) is 13.8. The first-order chi connectivity index (χ1) is 7.80. The Morgan fingerprint density at radius 1 is 1.24 bits per heavy atom. The highest BCUT2D eigenvalue weighted by Gasteiger charge is 2.22. The predicted molar refractivity (Wildman–Crippen MR) is 71.5 cm³/mol. The Morgan fingerprint density at radius 2 is 1.88 bits per heavy atom. The molecule has 17 heavy (non-hydrogen) atoms. The summed E-state index contributed by atoms with van der Waals surface area (Å²) >= 11 is 0. The molecule has 1 rings (SSSR count). The number of aliphatic hydroxyl groups excluding tert-OH is 1. The van der Waals surface area contributed by atoms with Crippen molar-refractivity contribution in [3.8, 4) is 5.75 Å². The summed E-state index contributed by atoms with van der Waals surface area (Å²) in [5.41, 5.74) is 1.11. The Bertz CT molecular complexity index is 350. The van der Waals surface area contributed by atoms with Crippen LogP contribution in [0.3, 0.4) is 0 Å². The monoisotopic (exact) mass is 236 g/mol. The maximum absolute atomic E-state index is 9.90. The number of hydrogen-bond donors (Lipinski definition) is 1. The maximum atomic E-state index is 9.90. The second kappa shape index (κ2) is 5.54. The van der Waals surface area contributed by atoms with Gasteiger partial charge in [0.15, 0.2) is 0 Å². The van der Waals surface area contributed by atoms with Crippen LogP contribution < -0.4 is 4.74 Å². The minimum Gasteiger partial charge on any atom is -0.491 e. The smallest absolute Gasteiger partial charge is 0.119 e. The Morgan fingerprint density at radius 3 is 2.41 bits per heavy atom. The van der Waals surface area contributed by atoms with Crippen LogP contribution in [0, 0.1) is 5.41 Å². The van der Waals surface area contributed by atoms with Crippen LogP contribution in [0.15, 0.2) is 24.3 Å². The van der Waals surface area contributed by atoms with E-state index < -0.39 is 6.10 Å². The summed E-state index contributed by atoms with van der Waals surface area (Å²) in [6.07, 6.45) is -0.454. The highest BCUT2D eigenvalue weighted by atomic mass is 16.5. The molecule has 0 aromatic heterocycles. The Kier molecular flexibility index (Phi) is 4.58. The van der Waals surface area contributed by atoms with Crippen LogP contribution in [0.2, 0.25) is 0 Å². The molecular formula is C15H24O2. The molecule has 0 aliphatic carbocycles. The molecule has 0 heterocycles. The van der Waals surface area contributed by atoms with Crippen molar-refractivity contribution in [2.75, 3.05) is 6.61 Å². The molecule has 2 heteroatoms. The summed E-state index contributed by atoms with van der Waals surface area (Å²) in [6, 6.07) is 8.06. The topological polar surface area (TPSA) is 29.5 Å². The molecule has 2 nitrogen and oxygen atoms in total. The quantitative estimate of drug-likeness (QED) is 0.865. The molecule has 0 bridgehead atoms. The van der Waals surface area contributed by atoms with Gasteiger partial charge in [0, 0.05) is 0 Å². The lowest BCUT2D eigenvalue weighted by Crippen LogP contribution is -2.31. The van der Waals surface area contributed by atoms with Crippen molar-refractivity contribution in [2.24, 2.45) is 5.41 Å². The number of rotatable bonds is 4. The largest absolute Gasteiger partial charge is 0.491 e. The van der Waals surface area contributed by atoms with Gasteiger partial charge in [-0.2, -0.15) is 0 Å². The molecule has 0 saturated heterocycles. The summed E-state index contributed by atoms with van der Waals surface area (Å²) < 4.78 is 5.64. The first kappa shape index (κ1) is 14.0. The summed E-state index contributed by atoms with van der Waals surface area (Å²) in [4.78, 5) is 0. The van der Waals surface area contributed by atoms with Gasteiger partial charge < -0.3 is 9.84 Å². The van der Waals surface area contributed by atoms with Gasteiger partial charge in [0.25, 0.3) is 0 Å².